The van der Waals surface area contributed by atoms with Gasteiger partial charge < -0.3 is 19.5 Å². The molecule has 1 rings (SSSR count). The summed E-state index contributed by atoms with van der Waals surface area (Å²) >= 11 is 5.79. The molecule has 1 amide bonds. The average molecular weight is 377 g/mol. The number of nitrogens with zero attached hydrogens (tertiary/aromatic N) is 1. The van der Waals surface area contributed by atoms with Crippen LogP contribution in [0.25, 0.3) is 0 Å². The largest absolute Gasteiger partial charge is 0.464 e. The molecule has 8 nitrogen and oxygen atoms in total. The highest BCUT2D eigenvalue weighted by atomic mass is 35.5. The third-order valence-electron chi connectivity index (χ3n) is 2.56. The number of halogens is 2. The van der Waals surface area contributed by atoms with Gasteiger partial charge in [-0.05, 0) is 27.7 Å². The summed E-state index contributed by atoms with van der Waals surface area (Å²) in [6.45, 7) is 6.44. The normalized spacial score (nSPS) is 12.1. The van der Waals surface area contributed by atoms with Crippen LogP contribution in [0.15, 0.2) is 6.07 Å². The van der Waals surface area contributed by atoms with Crippen molar-refractivity contribution >= 4 is 30.1 Å². The molecule has 0 saturated carbocycles. The SMILES string of the molecule is CCOC(=O)C(NC(=O)OC(C)(C)C)c1nc(Cl)c(OC=O)cc1F. The number of esters is 1. The molecule has 10 heteroatoms. The number of carbonyl (C=O) groups excluding carboxylic acids is 3. The van der Waals surface area contributed by atoms with Gasteiger partial charge in [-0.15, -0.1) is 0 Å². The van der Waals surface area contributed by atoms with Crippen LogP contribution in [0.4, 0.5) is 9.18 Å². The van der Waals surface area contributed by atoms with Gasteiger partial charge in [0.1, 0.15) is 11.3 Å². The van der Waals surface area contributed by atoms with Crippen LogP contribution in [-0.4, -0.2) is 35.7 Å². The molecule has 1 unspecified atom stereocenters. The number of amides is 1. The number of carbonyl (C=O) groups is 3. The summed E-state index contributed by atoms with van der Waals surface area (Å²) in [5.74, 6) is -2.33. The lowest BCUT2D eigenvalue weighted by Gasteiger charge is -2.23. The van der Waals surface area contributed by atoms with E-state index in [0.29, 0.717) is 0 Å². The van der Waals surface area contributed by atoms with Gasteiger partial charge in [0.05, 0.1) is 6.61 Å². The van der Waals surface area contributed by atoms with Gasteiger partial charge in [0.25, 0.3) is 6.47 Å². The number of hydrogen-bond donors (Lipinski definition) is 1. The highest BCUT2D eigenvalue weighted by Gasteiger charge is 2.31. The van der Waals surface area contributed by atoms with Crippen molar-refractivity contribution in [3.63, 3.8) is 0 Å². The second-order valence-electron chi connectivity index (χ2n) is 5.69. The van der Waals surface area contributed by atoms with Gasteiger partial charge in [-0.3, -0.25) is 4.79 Å². The Morgan fingerprint density at radius 2 is 2.08 bits per heavy atom. The Morgan fingerprint density at radius 1 is 1.44 bits per heavy atom. The fourth-order valence-corrected chi connectivity index (χ4v) is 1.88. The quantitative estimate of drug-likeness (QED) is 0.462. The van der Waals surface area contributed by atoms with Crippen LogP contribution in [0.5, 0.6) is 5.75 Å². The fourth-order valence-electron chi connectivity index (χ4n) is 1.69. The monoisotopic (exact) mass is 376 g/mol. The maximum absolute atomic E-state index is 14.3. The van der Waals surface area contributed by atoms with E-state index >= 15 is 0 Å². The molecule has 1 atom stereocenters. The third kappa shape index (κ3) is 6.18. The van der Waals surface area contributed by atoms with E-state index in [4.69, 9.17) is 21.1 Å². The molecule has 0 radical (unpaired) electrons. The number of ether oxygens (including phenoxy) is 3. The minimum atomic E-state index is -1.60. The van der Waals surface area contributed by atoms with Crippen LogP contribution in [0.1, 0.15) is 39.4 Å². The van der Waals surface area contributed by atoms with Crippen LogP contribution in [0, 0.1) is 5.82 Å². The van der Waals surface area contributed by atoms with E-state index in [1.54, 1.807) is 27.7 Å². The Kier molecular flexibility index (Phi) is 7.10. The van der Waals surface area contributed by atoms with Crippen molar-refractivity contribution in [1.29, 1.82) is 0 Å². The summed E-state index contributed by atoms with van der Waals surface area (Å²) in [6.07, 6.45) is -0.976. The van der Waals surface area contributed by atoms with E-state index in [2.05, 4.69) is 15.0 Å². The second-order valence-corrected chi connectivity index (χ2v) is 6.05. The first-order valence-electron chi connectivity index (χ1n) is 7.21. The van der Waals surface area contributed by atoms with Gasteiger partial charge in [-0.25, -0.2) is 19.0 Å². The highest BCUT2D eigenvalue weighted by Crippen LogP contribution is 2.27. The molecule has 1 aromatic rings. The van der Waals surface area contributed by atoms with E-state index < -0.39 is 35.2 Å². The summed E-state index contributed by atoms with van der Waals surface area (Å²) in [6, 6.07) is -0.834. The van der Waals surface area contributed by atoms with Crippen LogP contribution < -0.4 is 10.1 Å². The molecule has 0 saturated heterocycles. The summed E-state index contributed by atoms with van der Waals surface area (Å²) in [5.41, 5.74) is -1.35. The molecule has 0 bridgehead atoms. The van der Waals surface area contributed by atoms with E-state index in [0.717, 1.165) is 6.07 Å². The zero-order chi connectivity index (χ0) is 19.2. The Hall–Kier alpha value is -2.42. The second kappa shape index (κ2) is 8.61. The standard InChI is InChI=1S/C15H18ClFN2O6/c1-5-23-13(21)11(19-14(22)25-15(2,3)4)10-8(17)6-9(24-7-20)12(16)18-10/h6-7,11H,5H2,1-4H3,(H,19,22). The summed E-state index contributed by atoms with van der Waals surface area (Å²) in [5, 5.41) is 1.82. The van der Waals surface area contributed by atoms with E-state index in [1.165, 1.54) is 0 Å². The number of alkyl carbamates (subject to hydrolysis) is 1. The first-order valence-corrected chi connectivity index (χ1v) is 7.59. The molecular formula is C15H18ClFN2O6. The zero-order valence-corrected chi connectivity index (χ0v) is 14.8. The minimum absolute atomic E-state index is 0.00693. The highest BCUT2D eigenvalue weighted by molar-refractivity contribution is 6.30. The lowest BCUT2D eigenvalue weighted by atomic mass is 10.1. The van der Waals surface area contributed by atoms with Crippen molar-refractivity contribution in [2.24, 2.45) is 0 Å². The molecule has 1 aromatic heterocycles. The third-order valence-corrected chi connectivity index (χ3v) is 2.83. The molecular weight excluding hydrogens is 359 g/mol. The van der Waals surface area contributed by atoms with Crippen LogP contribution >= 0.6 is 11.6 Å². The molecule has 0 aliphatic carbocycles. The number of aromatic nitrogens is 1. The van der Waals surface area contributed by atoms with E-state index in [9.17, 15) is 18.8 Å². The van der Waals surface area contributed by atoms with Gasteiger partial charge in [0, 0.05) is 6.07 Å². The molecule has 0 fully saturated rings. The number of hydrogen-bond acceptors (Lipinski definition) is 7. The lowest BCUT2D eigenvalue weighted by molar-refractivity contribution is -0.146. The molecule has 0 aromatic carbocycles. The van der Waals surface area contributed by atoms with Crippen molar-refractivity contribution in [1.82, 2.24) is 10.3 Å². The molecule has 1 N–H and O–H groups in total. The maximum Gasteiger partial charge on any atom is 0.408 e. The van der Waals surface area contributed by atoms with Crippen molar-refractivity contribution in [3.8, 4) is 5.75 Å². The molecule has 0 aliphatic heterocycles. The molecule has 0 aliphatic rings. The first-order chi connectivity index (χ1) is 11.6. The predicted molar refractivity (Wildman–Crippen MR) is 84.6 cm³/mol. The Bertz CT molecular complexity index is 662. The van der Waals surface area contributed by atoms with Crippen molar-refractivity contribution in [2.75, 3.05) is 6.61 Å². The first kappa shape index (κ1) is 20.6. The van der Waals surface area contributed by atoms with Gasteiger partial charge in [0.2, 0.25) is 0 Å². The summed E-state index contributed by atoms with van der Waals surface area (Å²) in [4.78, 5) is 38.0. The Balaban J connectivity index is 3.20. The van der Waals surface area contributed by atoms with Crippen molar-refractivity contribution < 1.29 is 33.0 Å². The predicted octanol–water partition coefficient (Wildman–Crippen LogP) is 2.54. The van der Waals surface area contributed by atoms with Crippen molar-refractivity contribution in [2.45, 2.75) is 39.3 Å². The van der Waals surface area contributed by atoms with E-state index in [1.807, 2.05) is 0 Å². The zero-order valence-electron chi connectivity index (χ0n) is 14.1. The topological polar surface area (TPSA) is 104 Å². The van der Waals surface area contributed by atoms with Crippen molar-refractivity contribution in [3.05, 3.63) is 22.7 Å². The minimum Gasteiger partial charge on any atom is -0.464 e. The number of nitrogens with one attached hydrogen (secondary N) is 1. The van der Waals surface area contributed by atoms with Crippen LogP contribution in [0.2, 0.25) is 5.15 Å². The van der Waals surface area contributed by atoms with E-state index in [-0.39, 0.29) is 24.0 Å². The van der Waals surface area contributed by atoms with Crippen LogP contribution in [-0.2, 0) is 19.1 Å². The van der Waals surface area contributed by atoms with Gasteiger partial charge >= 0.3 is 12.1 Å². The van der Waals surface area contributed by atoms with Gasteiger partial charge in [0.15, 0.2) is 22.8 Å². The van der Waals surface area contributed by atoms with Gasteiger partial charge in [-0.2, -0.15) is 0 Å². The fraction of sp³-hybridized carbons (Fsp3) is 0.467. The molecule has 138 valence electrons. The number of rotatable bonds is 6. The summed E-state index contributed by atoms with van der Waals surface area (Å²) < 4.78 is 28.6. The molecule has 1 heterocycles. The Morgan fingerprint density at radius 3 is 2.60 bits per heavy atom. The van der Waals surface area contributed by atoms with Gasteiger partial charge in [-0.1, -0.05) is 11.6 Å². The molecule has 0 spiro atoms. The molecule has 25 heavy (non-hydrogen) atoms. The smallest absolute Gasteiger partial charge is 0.408 e. The number of pyridine rings is 1. The lowest BCUT2D eigenvalue weighted by Crippen LogP contribution is -2.39. The van der Waals surface area contributed by atoms with Crippen LogP contribution in [0.3, 0.4) is 0 Å². The Labute approximate surface area is 148 Å². The maximum atomic E-state index is 14.3. The summed E-state index contributed by atoms with van der Waals surface area (Å²) in [7, 11) is 0. The average Bonchev–Trinajstić information content (AvgIpc) is 2.47.